The van der Waals surface area contributed by atoms with E-state index in [0.717, 1.165) is 44.5 Å². The zero-order chi connectivity index (χ0) is 20.1. The minimum Gasteiger partial charge on any atom is -0.349 e. The number of nitrogens with zero attached hydrogens (tertiary/aromatic N) is 1. The molecule has 28 heavy (non-hydrogen) atoms. The monoisotopic (exact) mass is 382 g/mol. The van der Waals surface area contributed by atoms with Gasteiger partial charge in [0, 0.05) is 12.5 Å². The lowest BCUT2D eigenvalue weighted by atomic mass is 9.93. The van der Waals surface area contributed by atoms with Crippen LogP contribution >= 0.6 is 0 Å². The molecule has 1 N–H and O–H groups in total. The van der Waals surface area contributed by atoms with Gasteiger partial charge in [-0.15, -0.1) is 0 Å². The number of likely N-dealkylation sites (tertiary alicyclic amines) is 1. The fourth-order valence-electron chi connectivity index (χ4n) is 4.11. The number of rotatable bonds is 6. The summed E-state index contributed by atoms with van der Waals surface area (Å²) in [5.41, 5.74) is 4.82. The van der Waals surface area contributed by atoms with E-state index in [-0.39, 0.29) is 23.7 Å². The molecule has 1 atom stereocenters. The molecular weight excluding hydrogens is 351 g/mol. The maximum absolute atomic E-state index is 13.0. The van der Waals surface area contributed by atoms with Crippen LogP contribution in [-0.4, -0.2) is 23.9 Å². The highest BCUT2D eigenvalue weighted by Crippen LogP contribution is 2.24. The van der Waals surface area contributed by atoms with Crippen LogP contribution in [0.2, 0.25) is 0 Å². The normalized spacial score (nSPS) is 16.7. The first-order chi connectivity index (χ1) is 13.5. The second-order valence-electron chi connectivity index (χ2n) is 8.01. The molecule has 1 aliphatic rings. The molecule has 0 saturated carbocycles. The number of hydrogen-bond donors (Lipinski definition) is 1. The average molecular weight is 383 g/mol. The van der Waals surface area contributed by atoms with Gasteiger partial charge in [0.25, 0.3) is 0 Å². The van der Waals surface area contributed by atoms with E-state index in [9.17, 15) is 9.18 Å². The second-order valence-corrected chi connectivity index (χ2v) is 8.01. The molecular formula is C24H31FN2O. The van der Waals surface area contributed by atoms with Gasteiger partial charge in [0.05, 0.1) is 6.04 Å². The number of hydrogen-bond acceptors (Lipinski definition) is 2. The van der Waals surface area contributed by atoms with Gasteiger partial charge in [0.1, 0.15) is 5.82 Å². The molecule has 1 heterocycles. The molecule has 3 nitrogen and oxygen atoms in total. The molecule has 0 radical (unpaired) electrons. The van der Waals surface area contributed by atoms with E-state index in [1.807, 2.05) is 12.1 Å². The number of aryl methyl sites for hydroxylation is 2. The Bertz CT molecular complexity index is 795. The largest absolute Gasteiger partial charge is 0.349 e. The van der Waals surface area contributed by atoms with Gasteiger partial charge in [-0.25, -0.2) is 4.39 Å². The van der Waals surface area contributed by atoms with Crippen LogP contribution in [0.15, 0.2) is 42.5 Å². The standard InChI is InChI=1S/C24H31FN2O/c1-4-23(22-10-5-17(2)15-18(22)3)26-24(28)20-11-13-27(14-12-20)16-19-6-8-21(25)9-7-19/h5-10,15,20,23H,4,11-14,16H2,1-3H3,(H,26,28)/t23-/m0/s1. The Labute approximate surface area is 167 Å². The summed E-state index contributed by atoms with van der Waals surface area (Å²) < 4.78 is 13.0. The first kappa shape index (κ1) is 20.5. The van der Waals surface area contributed by atoms with Crippen molar-refractivity contribution in [3.63, 3.8) is 0 Å². The average Bonchev–Trinajstić information content (AvgIpc) is 2.69. The molecule has 1 amide bonds. The van der Waals surface area contributed by atoms with Gasteiger partial charge in [-0.1, -0.05) is 42.8 Å². The van der Waals surface area contributed by atoms with Gasteiger partial charge in [-0.05, 0) is 75.0 Å². The molecule has 1 saturated heterocycles. The lowest BCUT2D eigenvalue weighted by Crippen LogP contribution is -2.41. The third kappa shape index (κ3) is 5.20. The summed E-state index contributed by atoms with van der Waals surface area (Å²) in [6, 6.07) is 13.2. The van der Waals surface area contributed by atoms with Crippen molar-refractivity contribution in [3.8, 4) is 0 Å². The zero-order valence-electron chi connectivity index (χ0n) is 17.2. The predicted octanol–water partition coefficient (Wildman–Crippen LogP) is 4.92. The van der Waals surface area contributed by atoms with E-state index < -0.39 is 0 Å². The smallest absolute Gasteiger partial charge is 0.223 e. The summed E-state index contributed by atoms with van der Waals surface area (Å²) >= 11 is 0. The van der Waals surface area contributed by atoms with E-state index in [4.69, 9.17) is 0 Å². The van der Waals surface area contributed by atoms with Crippen LogP contribution in [0.25, 0.3) is 0 Å². The van der Waals surface area contributed by atoms with Crippen LogP contribution in [0.5, 0.6) is 0 Å². The Morgan fingerprint density at radius 2 is 1.82 bits per heavy atom. The van der Waals surface area contributed by atoms with Gasteiger partial charge in [0.15, 0.2) is 0 Å². The Morgan fingerprint density at radius 1 is 1.14 bits per heavy atom. The van der Waals surface area contributed by atoms with E-state index in [1.165, 1.54) is 28.8 Å². The van der Waals surface area contributed by atoms with Crippen LogP contribution in [0.3, 0.4) is 0 Å². The fourth-order valence-corrected chi connectivity index (χ4v) is 4.11. The number of piperidine rings is 1. The van der Waals surface area contributed by atoms with Crippen molar-refractivity contribution in [3.05, 3.63) is 70.5 Å². The van der Waals surface area contributed by atoms with Crippen molar-refractivity contribution >= 4 is 5.91 Å². The molecule has 4 heteroatoms. The molecule has 0 unspecified atom stereocenters. The van der Waals surface area contributed by atoms with Crippen molar-refractivity contribution in [2.75, 3.05) is 13.1 Å². The minimum absolute atomic E-state index is 0.0734. The maximum atomic E-state index is 13.0. The van der Waals surface area contributed by atoms with Crippen LogP contribution < -0.4 is 5.32 Å². The Hall–Kier alpha value is -2.20. The third-order valence-corrected chi connectivity index (χ3v) is 5.80. The van der Waals surface area contributed by atoms with E-state index in [1.54, 1.807) is 0 Å². The number of nitrogens with one attached hydrogen (secondary N) is 1. The Balaban J connectivity index is 1.53. The Morgan fingerprint density at radius 3 is 2.43 bits per heavy atom. The van der Waals surface area contributed by atoms with Crippen LogP contribution in [0.4, 0.5) is 4.39 Å². The van der Waals surface area contributed by atoms with Crippen LogP contribution in [0, 0.1) is 25.6 Å². The second kappa shape index (κ2) is 9.33. The highest BCUT2D eigenvalue weighted by atomic mass is 19.1. The van der Waals surface area contributed by atoms with Crippen molar-refractivity contribution < 1.29 is 9.18 Å². The van der Waals surface area contributed by atoms with Crippen molar-refractivity contribution in [2.45, 2.75) is 52.6 Å². The fraction of sp³-hybridized carbons (Fsp3) is 0.458. The minimum atomic E-state index is -0.201. The highest BCUT2D eigenvalue weighted by Gasteiger charge is 2.26. The van der Waals surface area contributed by atoms with E-state index in [0.29, 0.717) is 0 Å². The number of carbonyl (C=O) groups is 1. The lowest BCUT2D eigenvalue weighted by molar-refractivity contribution is -0.127. The predicted molar refractivity (Wildman–Crippen MR) is 111 cm³/mol. The SMILES string of the molecule is CC[C@H](NC(=O)C1CCN(Cc2ccc(F)cc2)CC1)c1ccc(C)cc1C. The van der Waals surface area contributed by atoms with E-state index >= 15 is 0 Å². The zero-order valence-corrected chi connectivity index (χ0v) is 17.2. The molecule has 1 aliphatic heterocycles. The number of benzene rings is 2. The highest BCUT2D eigenvalue weighted by molar-refractivity contribution is 5.79. The summed E-state index contributed by atoms with van der Waals surface area (Å²) in [7, 11) is 0. The van der Waals surface area contributed by atoms with Crippen molar-refractivity contribution in [1.29, 1.82) is 0 Å². The first-order valence-electron chi connectivity index (χ1n) is 10.3. The van der Waals surface area contributed by atoms with Gasteiger partial charge in [-0.3, -0.25) is 9.69 Å². The van der Waals surface area contributed by atoms with Gasteiger partial charge in [-0.2, -0.15) is 0 Å². The van der Waals surface area contributed by atoms with Crippen molar-refractivity contribution in [2.24, 2.45) is 5.92 Å². The molecule has 0 bridgehead atoms. The summed E-state index contributed by atoms with van der Waals surface area (Å²) in [5.74, 6) is 0.0472. The van der Waals surface area contributed by atoms with E-state index in [2.05, 4.69) is 49.2 Å². The van der Waals surface area contributed by atoms with Crippen molar-refractivity contribution in [1.82, 2.24) is 10.2 Å². The number of carbonyl (C=O) groups excluding carboxylic acids is 1. The molecule has 2 aromatic rings. The lowest BCUT2D eigenvalue weighted by Gasteiger charge is -2.32. The molecule has 2 aromatic carbocycles. The van der Waals surface area contributed by atoms with Gasteiger partial charge < -0.3 is 5.32 Å². The molecule has 3 rings (SSSR count). The number of amides is 1. The first-order valence-corrected chi connectivity index (χ1v) is 10.3. The summed E-state index contributed by atoms with van der Waals surface area (Å²) in [6.07, 6.45) is 2.63. The molecule has 1 fully saturated rings. The van der Waals surface area contributed by atoms with Gasteiger partial charge in [0.2, 0.25) is 5.91 Å². The molecule has 150 valence electrons. The Kier molecular flexibility index (Phi) is 6.84. The molecule has 0 aliphatic carbocycles. The third-order valence-electron chi connectivity index (χ3n) is 5.80. The van der Waals surface area contributed by atoms with Crippen LogP contribution in [0.1, 0.15) is 54.5 Å². The number of halogens is 1. The van der Waals surface area contributed by atoms with Gasteiger partial charge >= 0.3 is 0 Å². The topological polar surface area (TPSA) is 32.3 Å². The quantitative estimate of drug-likeness (QED) is 0.769. The molecule has 0 aromatic heterocycles. The molecule has 0 spiro atoms. The van der Waals surface area contributed by atoms with Crippen LogP contribution in [-0.2, 0) is 11.3 Å². The summed E-state index contributed by atoms with van der Waals surface area (Å²) in [5, 5.41) is 3.28. The maximum Gasteiger partial charge on any atom is 0.223 e. The summed E-state index contributed by atoms with van der Waals surface area (Å²) in [4.78, 5) is 15.2. The summed E-state index contributed by atoms with van der Waals surface area (Å²) in [6.45, 7) is 8.94.